The second-order valence-corrected chi connectivity index (χ2v) is 9.05. The fourth-order valence-electron chi connectivity index (χ4n) is 4.70. The minimum absolute atomic E-state index is 0.0228. The van der Waals surface area contributed by atoms with Crippen molar-refractivity contribution < 1.29 is 27.2 Å². The van der Waals surface area contributed by atoms with Gasteiger partial charge in [-0.15, -0.1) is 0 Å². The summed E-state index contributed by atoms with van der Waals surface area (Å²) in [6.07, 6.45) is -1.94. The predicted octanol–water partition coefficient (Wildman–Crippen LogP) is 4.86. The van der Waals surface area contributed by atoms with Gasteiger partial charge < -0.3 is 15.1 Å². The predicted molar refractivity (Wildman–Crippen MR) is 130 cm³/mol. The zero-order valence-electron chi connectivity index (χ0n) is 19.8. The minimum atomic E-state index is -2.64. The number of hydrogen-bond donors (Lipinski definition) is 1. The van der Waals surface area contributed by atoms with E-state index in [1.807, 2.05) is 0 Å². The zero-order chi connectivity index (χ0) is 26.3. The number of nitrogens with zero attached hydrogens (tertiary/aromatic N) is 4. The van der Waals surface area contributed by atoms with Crippen molar-refractivity contribution in [2.24, 2.45) is 0 Å². The lowest BCUT2D eigenvalue weighted by Gasteiger charge is -2.26. The summed E-state index contributed by atoms with van der Waals surface area (Å²) >= 11 is 0. The molecule has 5 rings (SSSR count). The molecular formula is C26H23F4N5O2. The van der Waals surface area contributed by atoms with E-state index in [4.69, 9.17) is 0 Å². The molecule has 2 atom stereocenters. The summed E-state index contributed by atoms with van der Waals surface area (Å²) < 4.78 is 55.2. The van der Waals surface area contributed by atoms with Crippen LogP contribution in [0.4, 0.5) is 34.8 Å². The van der Waals surface area contributed by atoms with Gasteiger partial charge in [-0.1, -0.05) is 18.2 Å². The average molecular weight is 513 g/mol. The first-order valence-electron chi connectivity index (χ1n) is 11.8. The molecule has 1 N–H and O–H groups in total. The van der Waals surface area contributed by atoms with E-state index >= 15 is 4.39 Å². The van der Waals surface area contributed by atoms with Gasteiger partial charge in [0.25, 0.3) is 6.43 Å². The Balaban J connectivity index is 1.53. The van der Waals surface area contributed by atoms with Crippen LogP contribution in [0.25, 0.3) is 11.1 Å². The molecule has 0 bridgehead atoms. The molecule has 2 aliphatic heterocycles. The first-order chi connectivity index (χ1) is 17.7. The van der Waals surface area contributed by atoms with Crippen LogP contribution in [0.3, 0.4) is 0 Å². The maximum Gasteiger partial charge on any atom is 0.263 e. The number of carbonyl (C=O) groups excluding carboxylic acids is 2. The number of aromatic nitrogens is 2. The number of halogens is 4. The highest BCUT2D eigenvalue weighted by Crippen LogP contribution is 2.42. The molecule has 0 radical (unpaired) electrons. The van der Waals surface area contributed by atoms with Gasteiger partial charge in [0.1, 0.15) is 18.5 Å². The number of alkyl halides is 3. The lowest BCUT2D eigenvalue weighted by Crippen LogP contribution is -2.40. The molecule has 4 heterocycles. The van der Waals surface area contributed by atoms with Crippen molar-refractivity contribution in [2.45, 2.75) is 31.9 Å². The van der Waals surface area contributed by atoms with E-state index in [1.54, 1.807) is 24.0 Å². The van der Waals surface area contributed by atoms with Gasteiger partial charge in [-0.05, 0) is 31.5 Å². The highest BCUT2D eigenvalue weighted by atomic mass is 19.3. The van der Waals surface area contributed by atoms with E-state index < -0.39 is 42.8 Å². The highest BCUT2D eigenvalue weighted by molar-refractivity contribution is 6.09. The van der Waals surface area contributed by atoms with Gasteiger partial charge in [0, 0.05) is 35.6 Å². The maximum atomic E-state index is 15.6. The summed E-state index contributed by atoms with van der Waals surface area (Å²) in [6.45, 7) is 1.52. The third kappa shape index (κ3) is 4.73. The van der Waals surface area contributed by atoms with Crippen molar-refractivity contribution in [1.29, 1.82) is 0 Å². The van der Waals surface area contributed by atoms with Crippen LogP contribution in [0.15, 0.2) is 48.7 Å². The van der Waals surface area contributed by atoms with Gasteiger partial charge in [-0.2, -0.15) is 4.39 Å². The summed E-state index contributed by atoms with van der Waals surface area (Å²) in [6, 6.07) is 9.81. The summed E-state index contributed by atoms with van der Waals surface area (Å²) in [4.78, 5) is 37.7. The van der Waals surface area contributed by atoms with Crippen LogP contribution >= 0.6 is 0 Å². The van der Waals surface area contributed by atoms with Crippen molar-refractivity contribution in [3.63, 3.8) is 0 Å². The molecule has 192 valence electrons. The molecule has 1 aromatic carbocycles. The molecule has 2 aromatic heterocycles. The third-order valence-corrected chi connectivity index (χ3v) is 6.59. The number of rotatable bonds is 5. The molecule has 1 fully saturated rings. The first kappa shape index (κ1) is 24.7. The van der Waals surface area contributed by atoms with Crippen molar-refractivity contribution in [3.05, 3.63) is 65.9 Å². The summed E-state index contributed by atoms with van der Waals surface area (Å²) in [5, 5.41) is 2.59. The number of anilines is 3. The number of hydrogen-bond acceptors (Lipinski definition) is 5. The zero-order valence-corrected chi connectivity index (χ0v) is 19.8. The van der Waals surface area contributed by atoms with Crippen molar-refractivity contribution in [1.82, 2.24) is 9.97 Å². The van der Waals surface area contributed by atoms with Gasteiger partial charge in [-0.3, -0.25) is 14.6 Å². The Morgan fingerprint density at radius 3 is 2.65 bits per heavy atom. The van der Waals surface area contributed by atoms with Gasteiger partial charge >= 0.3 is 0 Å². The monoisotopic (exact) mass is 513 g/mol. The fraction of sp³-hybridized carbons (Fsp3) is 0.308. The second-order valence-electron chi connectivity index (χ2n) is 9.05. The van der Waals surface area contributed by atoms with E-state index in [0.29, 0.717) is 17.8 Å². The number of nitrogens with one attached hydrogen (secondary N) is 1. The Hall–Kier alpha value is -4.02. The van der Waals surface area contributed by atoms with Crippen molar-refractivity contribution in [3.8, 4) is 11.1 Å². The number of pyridine rings is 2. The second kappa shape index (κ2) is 9.79. The van der Waals surface area contributed by atoms with Crippen LogP contribution in [0.2, 0.25) is 0 Å². The van der Waals surface area contributed by atoms with Gasteiger partial charge in [0.2, 0.25) is 17.8 Å². The minimum Gasteiger partial charge on any atom is -0.353 e. The van der Waals surface area contributed by atoms with E-state index in [1.165, 1.54) is 41.4 Å². The molecular weight excluding hydrogens is 490 g/mol. The van der Waals surface area contributed by atoms with E-state index in [9.17, 15) is 22.8 Å². The number of carbonyl (C=O) groups is 2. The van der Waals surface area contributed by atoms with E-state index in [-0.39, 0.29) is 41.3 Å². The lowest BCUT2D eigenvalue weighted by molar-refractivity contribution is -0.122. The van der Waals surface area contributed by atoms with Gasteiger partial charge in [0.15, 0.2) is 0 Å². The molecule has 0 spiro atoms. The normalized spacial score (nSPS) is 19.0. The lowest BCUT2D eigenvalue weighted by atomic mass is 9.98. The smallest absolute Gasteiger partial charge is 0.263 e. The van der Waals surface area contributed by atoms with Crippen LogP contribution in [0.5, 0.6) is 0 Å². The fourth-order valence-corrected chi connectivity index (χ4v) is 4.70. The van der Waals surface area contributed by atoms with Crippen LogP contribution < -0.4 is 15.1 Å². The molecule has 0 aliphatic carbocycles. The van der Waals surface area contributed by atoms with Gasteiger partial charge in [-0.25, -0.2) is 18.2 Å². The molecule has 2 aliphatic rings. The Morgan fingerprint density at radius 2 is 1.97 bits per heavy atom. The summed E-state index contributed by atoms with van der Waals surface area (Å²) in [7, 11) is 0. The van der Waals surface area contributed by atoms with Crippen LogP contribution in [-0.4, -0.2) is 47.6 Å². The van der Waals surface area contributed by atoms with Crippen LogP contribution in [0, 0.1) is 5.95 Å². The highest BCUT2D eigenvalue weighted by Gasteiger charge is 2.36. The molecule has 0 unspecified atom stereocenters. The standard InChI is InChI=1S/C26H23F4N5O2/c1-14-23-18(3-2-9-31-23)22-19(11-20(33-25(22)30)34-10-8-16(27)12-34)35(26(14)37)13-21(36)32-17-6-4-15(5-7-17)24(28)29/h2-7,9,11,14,16,24H,8,10,12-13H2,1H3,(H,32,36)/t14-,16+/m1/s1. The Bertz CT molecular complexity index is 1350. The SMILES string of the molecule is C[C@H]1C(=O)N(CC(=O)Nc2ccc(C(F)F)cc2)c2cc(N3CC[C@H](F)C3)nc(F)c2-c2cccnc21. The molecule has 1 saturated heterocycles. The quantitative estimate of drug-likeness (QED) is 0.390. The molecule has 0 saturated carbocycles. The Kier molecular flexibility index (Phi) is 6.53. The van der Waals surface area contributed by atoms with Crippen LogP contribution in [-0.2, 0) is 9.59 Å². The molecule has 7 nitrogen and oxygen atoms in total. The van der Waals surface area contributed by atoms with Crippen molar-refractivity contribution >= 4 is 29.0 Å². The van der Waals surface area contributed by atoms with Crippen LogP contribution in [0.1, 0.15) is 36.9 Å². The number of amides is 2. The van der Waals surface area contributed by atoms with E-state index in [0.717, 1.165) is 0 Å². The maximum absolute atomic E-state index is 15.6. The van der Waals surface area contributed by atoms with E-state index in [2.05, 4.69) is 15.3 Å². The first-order valence-corrected chi connectivity index (χ1v) is 11.8. The Morgan fingerprint density at radius 1 is 1.22 bits per heavy atom. The molecule has 2 amide bonds. The number of fused-ring (bicyclic) bond motifs is 3. The molecule has 37 heavy (non-hydrogen) atoms. The molecule has 3 aromatic rings. The molecule has 11 heteroatoms. The average Bonchev–Trinajstić information content (AvgIpc) is 3.29. The van der Waals surface area contributed by atoms with Crippen molar-refractivity contribution in [2.75, 3.05) is 34.8 Å². The summed E-state index contributed by atoms with van der Waals surface area (Å²) in [5.41, 5.74) is 0.943. The topological polar surface area (TPSA) is 78.4 Å². The Labute approximate surface area is 210 Å². The summed E-state index contributed by atoms with van der Waals surface area (Å²) in [5.74, 6) is -2.59. The number of benzene rings is 1. The van der Waals surface area contributed by atoms with Gasteiger partial charge in [0.05, 0.1) is 29.4 Å². The largest absolute Gasteiger partial charge is 0.353 e. The third-order valence-electron chi connectivity index (χ3n) is 6.59.